The fraction of sp³-hybridized carbons (Fsp3) is 0.290. The number of amides is 1. The predicted octanol–water partition coefficient (Wildman–Crippen LogP) is 5.57. The molecule has 3 aromatic carbocycles. The van der Waals surface area contributed by atoms with Crippen molar-refractivity contribution in [3.05, 3.63) is 100 Å². The first-order chi connectivity index (χ1) is 18.0. The van der Waals surface area contributed by atoms with Crippen molar-refractivity contribution in [1.29, 1.82) is 0 Å². The summed E-state index contributed by atoms with van der Waals surface area (Å²) in [5.74, 6) is -1.39. The first-order valence-electron chi connectivity index (χ1n) is 12.7. The second-order valence-corrected chi connectivity index (χ2v) is 10.9. The number of ether oxygens (including phenoxy) is 1. The van der Waals surface area contributed by atoms with Crippen molar-refractivity contribution in [2.75, 3.05) is 25.1 Å². The molecule has 5 rings (SSSR count). The lowest BCUT2D eigenvalue weighted by Crippen LogP contribution is -2.29. The molecule has 0 radical (unpaired) electrons. The van der Waals surface area contributed by atoms with Crippen molar-refractivity contribution in [1.82, 2.24) is 4.90 Å². The molecule has 1 atom stereocenters. The fourth-order valence-corrected chi connectivity index (χ4v) is 5.00. The van der Waals surface area contributed by atoms with Gasteiger partial charge in [0.15, 0.2) is 0 Å². The van der Waals surface area contributed by atoms with Crippen molar-refractivity contribution >= 4 is 23.1 Å². The number of nitrogens with zero attached hydrogens (tertiary/aromatic N) is 2. The molecule has 1 N–H and O–H groups in total. The van der Waals surface area contributed by atoms with E-state index in [0.717, 1.165) is 11.3 Å². The third kappa shape index (κ3) is 4.64. The number of likely N-dealkylation sites (tertiary alicyclic amines) is 1. The van der Waals surface area contributed by atoms with E-state index in [1.807, 2.05) is 36.2 Å². The Labute approximate surface area is 222 Å². The maximum Gasteiger partial charge on any atom is 0.295 e. The van der Waals surface area contributed by atoms with Gasteiger partial charge in [-0.15, -0.1) is 0 Å². The maximum atomic E-state index is 13.5. The Morgan fingerprint density at radius 2 is 1.71 bits per heavy atom. The zero-order chi connectivity index (χ0) is 27.2. The summed E-state index contributed by atoms with van der Waals surface area (Å²) in [6.45, 7) is 7.68. The van der Waals surface area contributed by atoms with Gasteiger partial charge in [-0.3, -0.25) is 9.59 Å². The molecule has 3 aromatic rings. The van der Waals surface area contributed by atoms with Gasteiger partial charge in [-0.1, -0.05) is 57.2 Å². The Hall–Kier alpha value is -4.13. The van der Waals surface area contributed by atoms with E-state index in [-0.39, 0.29) is 29.1 Å². The quantitative estimate of drug-likeness (QED) is 0.280. The number of fused-ring (bicyclic) bond motifs is 1. The Kier molecular flexibility index (Phi) is 6.47. The van der Waals surface area contributed by atoms with E-state index in [2.05, 4.69) is 20.8 Å². The summed E-state index contributed by atoms with van der Waals surface area (Å²) in [6, 6.07) is 18.0. The lowest BCUT2D eigenvalue weighted by molar-refractivity contribution is -0.140. The molecular formula is C31H31FN2O4. The van der Waals surface area contributed by atoms with Crippen LogP contribution in [0.2, 0.25) is 0 Å². The minimum absolute atomic E-state index is 0.0277. The molecular weight excluding hydrogens is 483 g/mol. The van der Waals surface area contributed by atoms with Gasteiger partial charge in [0.25, 0.3) is 11.7 Å². The fourth-order valence-electron chi connectivity index (χ4n) is 5.00. The van der Waals surface area contributed by atoms with Crippen LogP contribution in [-0.2, 0) is 21.5 Å². The van der Waals surface area contributed by atoms with Gasteiger partial charge in [-0.25, -0.2) is 4.39 Å². The van der Waals surface area contributed by atoms with Crippen LogP contribution < -0.4 is 9.64 Å². The Morgan fingerprint density at radius 1 is 1.03 bits per heavy atom. The number of rotatable bonds is 4. The van der Waals surface area contributed by atoms with Gasteiger partial charge in [0, 0.05) is 19.2 Å². The minimum Gasteiger partial charge on any atom is -0.507 e. The molecule has 1 unspecified atom stereocenters. The van der Waals surface area contributed by atoms with Gasteiger partial charge in [0.1, 0.15) is 23.9 Å². The number of hydrogen-bond donors (Lipinski definition) is 1. The van der Waals surface area contributed by atoms with Crippen LogP contribution in [0.4, 0.5) is 10.1 Å². The topological polar surface area (TPSA) is 70.1 Å². The number of halogens is 1. The lowest BCUT2D eigenvalue weighted by Gasteiger charge is -2.28. The molecule has 1 amide bonds. The number of likely N-dealkylation sites (N-methyl/N-ethyl adjacent to an activating group) is 1. The average molecular weight is 515 g/mol. The molecule has 196 valence electrons. The number of carbonyl (C=O) groups excluding carboxylic acids is 2. The van der Waals surface area contributed by atoms with Gasteiger partial charge < -0.3 is 19.6 Å². The van der Waals surface area contributed by atoms with E-state index in [0.29, 0.717) is 35.6 Å². The molecule has 2 heterocycles. The molecule has 0 spiro atoms. The third-order valence-corrected chi connectivity index (χ3v) is 7.23. The summed E-state index contributed by atoms with van der Waals surface area (Å²) in [5.41, 5.74) is 3.67. The molecule has 0 bridgehead atoms. The van der Waals surface area contributed by atoms with Crippen LogP contribution in [-0.4, -0.2) is 41.9 Å². The maximum absolute atomic E-state index is 13.5. The smallest absolute Gasteiger partial charge is 0.295 e. The summed E-state index contributed by atoms with van der Waals surface area (Å²) < 4.78 is 19.2. The molecule has 0 saturated carbocycles. The third-order valence-electron chi connectivity index (χ3n) is 7.23. The van der Waals surface area contributed by atoms with Crippen LogP contribution in [0.3, 0.4) is 0 Å². The molecule has 0 aromatic heterocycles. The molecule has 6 nitrogen and oxygen atoms in total. The van der Waals surface area contributed by atoms with E-state index in [1.165, 1.54) is 17.0 Å². The molecule has 7 heteroatoms. The SMILES string of the molecule is CN1CCOc2ccc(/C(O)=C3/C(=O)C(=O)N(Cc4ccc(F)cc4)C3c3ccc(C(C)(C)C)cc3)cc21. The van der Waals surface area contributed by atoms with Crippen LogP contribution in [0.1, 0.15) is 49.1 Å². The van der Waals surface area contributed by atoms with E-state index < -0.39 is 17.7 Å². The van der Waals surface area contributed by atoms with E-state index in [1.54, 1.807) is 30.3 Å². The Morgan fingerprint density at radius 3 is 2.37 bits per heavy atom. The zero-order valence-corrected chi connectivity index (χ0v) is 22.0. The Balaban J connectivity index is 1.63. The standard InChI is InChI=1S/C31H31FN2O4/c1-31(2,3)22-10-7-20(8-11-22)27-26(28(35)21-9-14-25-24(17-21)33(4)15-16-38-25)29(36)30(37)34(27)18-19-5-12-23(32)13-6-19/h5-14,17,27,35H,15-16,18H2,1-4H3/b28-26-. The molecule has 2 aliphatic rings. The Bertz CT molecular complexity index is 1420. The van der Waals surface area contributed by atoms with Gasteiger partial charge in [-0.2, -0.15) is 0 Å². The van der Waals surface area contributed by atoms with Crippen LogP contribution >= 0.6 is 0 Å². The number of hydrogen-bond acceptors (Lipinski definition) is 5. The van der Waals surface area contributed by atoms with Crippen LogP contribution in [0.15, 0.2) is 72.3 Å². The number of carbonyl (C=O) groups is 2. The van der Waals surface area contributed by atoms with E-state index >= 15 is 0 Å². The van der Waals surface area contributed by atoms with Crippen LogP contribution in [0.5, 0.6) is 5.75 Å². The zero-order valence-electron chi connectivity index (χ0n) is 22.0. The van der Waals surface area contributed by atoms with Crippen molar-refractivity contribution in [3.63, 3.8) is 0 Å². The summed E-state index contributed by atoms with van der Waals surface area (Å²) in [5, 5.41) is 11.5. The lowest BCUT2D eigenvalue weighted by atomic mass is 9.85. The second-order valence-electron chi connectivity index (χ2n) is 10.9. The first kappa shape index (κ1) is 25.5. The molecule has 1 fully saturated rings. The van der Waals surface area contributed by atoms with E-state index in [9.17, 15) is 19.1 Å². The minimum atomic E-state index is -0.806. The molecule has 1 saturated heterocycles. The predicted molar refractivity (Wildman–Crippen MR) is 145 cm³/mol. The number of ketones is 1. The number of aliphatic hydroxyl groups is 1. The van der Waals surface area contributed by atoms with Crippen LogP contribution in [0, 0.1) is 5.82 Å². The summed E-state index contributed by atoms with van der Waals surface area (Å²) in [6.07, 6.45) is 0. The van der Waals surface area contributed by atoms with Gasteiger partial charge in [-0.05, 0) is 52.4 Å². The number of Topliss-reactive ketones (excluding diaryl/α,β-unsaturated/α-hetero) is 1. The summed E-state index contributed by atoms with van der Waals surface area (Å²) in [4.78, 5) is 30.2. The van der Waals surface area contributed by atoms with Crippen molar-refractivity contribution in [2.45, 2.75) is 38.8 Å². The highest BCUT2D eigenvalue weighted by atomic mass is 19.1. The van der Waals surface area contributed by atoms with E-state index in [4.69, 9.17) is 4.74 Å². The summed E-state index contributed by atoms with van der Waals surface area (Å²) in [7, 11) is 1.93. The van der Waals surface area contributed by atoms with Gasteiger partial charge in [0.05, 0.1) is 23.8 Å². The average Bonchev–Trinajstić information content (AvgIpc) is 3.14. The van der Waals surface area contributed by atoms with Crippen LogP contribution in [0.25, 0.3) is 5.76 Å². The highest BCUT2D eigenvalue weighted by Gasteiger charge is 2.46. The normalized spacial score (nSPS) is 18.9. The number of anilines is 1. The second kappa shape index (κ2) is 9.63. The monoisotopic (exact) mass is 514 g/mol. The number of aliphatic hydroxyl groups excluding tert-OH is 1. The molecule has 2 aliphatic heterocycles. The largest absolute Gasteiger partial charge is 0.507 e. The van der Waals surface area contributed by atoms with Gasteiger partial charge in [0.2, 0.25) is 0 Å². The summed E-state index contributed by atoms with van der Waals surface area (Å²) >= 11 is 0. The molecule has 38 heavy (non-hydrogen) atoms. The van der Waals surface area contributed by atoms with Gasteiger partial charge >= 0.3 is 0 Å². The highest BCUT2D eigenvalue weighted by Crippen LogP contribution is 2.42. The number of benzene rings is 3. The van der Waals surface area contributed by atoms with Crippen molar-refractivity contribution in [2.24, 2.45) is 0 Å². The molecule has 0 aliphatic carbocycles. The first-order valence-corrected chi connectivity index (χ1v) is 12.7. The highest BCUT2D eigenvalue weighted by molar-refractivity contribution is 6.46. The van der Waals surface area contributed by atoms with Crippen molar-refractivity contribution < 1.29 is 23.8 Å². The van der Waals surface area contributed by atoms with Crippen molar-refractivity contribution in [3.8, 4) is 5.75 Å².